The smallest absolute Gasteiger partial charge is 0.187 e. The molecule has 0 radical (unpaired) electrons. The monoisotopic (exact) mass is 424 g/mol. The molecule has 156 valence electrons. The van der Waals surface area contributed by atoms with Crippen molar-refractivity contribution < 1.29 is 27.5 Å². The van der Waals surface area contributed by atoms with Gasteiger partial charge in [0, 0.05) is 14.2 Å². The van der Waals surface area contributed by atoms with Crippen LogP contribution in [0.5, 0.6) is 0 Å². The van der Waals surface area contributed by atoms with Crippen molar-refractivity contribution in [3.63, 3.8) is 0 Å². The summed E-state index contributed by atoms with van der Waals surface area (Å²) in [4.78, 5) is 0. The van der Waals surface area contributed by atoms with Gasteiger partial charge in [-0.3, -0.25) is 0 Å². The molecule has 9 heteroatoms. The van der Waals surface area contributed by atoms with Crippen molar-refractivity contribution in [1.29, 1.82) is 0 Å². The van der Waals surface area contributed by atoms with Crippen molar-refractivity contribution >= 4 is 25.0 Å². The van der Waals surface area contributed by atoms with E-state index < -0.39 is 31.2 Å². The number of hydrogen-bond donors (Lipinski definition) is 0. The Morgan fingerprint density at radius 2 is 1.15 bits per heavy atom. The maximum Gasteiger partial charge on any atom is 0.187 e. The molecule has 1 aliphatic heterocycles. The first-order chi connectivity index (χ1) is 11.7. The molecular weight excluding hydrogens is 384 g/mol. The Morgan fingerprint density at radius 1 is 0.654 bits per heavy atom. The van der Waals surface area contributed by atoms with Crippen LogP contribution in [0.3, 0.4) is 0 Å². The van der Waals surface area contributed by atoms with Gasteiger partial charge in [0.2, 0.25) is 0 Å². The fourth-order valence-electron chi connectivity index (χ4n) is 2.86. The van der Waals surface area contributed by atoms with Crippen LogP contribution in [0.25, 0.3) is 0 Å². The standard InChI is InChI=1S/C17H40O6Si3/c1-18-14-13(12-20-24(3,4)5)21-17(23-26(9,10)11)16(19-2)15(14)22-25(6,7)8/h13-17H,12H2,1-11H3. The van der Waals surface area contributed by atoms with Crippen LogP contribution in [0.15, 0.2) is 0 Å². The van der Waals surface area contributed by atoms with E-state index in [1.165, 1.54) is 0 Å². The SMILES string of the molecule is COC1C(CO[Si](C)(C)C)OC(O[Si](C)(C)C)C(OC)C1O[Si](C)(C)C. The molecular formula is C17H40O6Si3. The van der Waals surface area contributed by atoms with Crippen molar-refractivity contribution in [2.75, 3.05) is 20.8 Å². The van der Waals surface area contributed by atoms with E-state index in [0.29, 0.717) is 6.61 Å². The van der Waals surface area contributed by atoms with E-state index in [9.17, 15) is 0 Å². The molecule has 0 amide bonds. The lowest BCUT2D eigenvalue weighted by molar-refractivity contribution is -0.285. The van der Waals surface area contributed by atoms with Gasteiger partial charge in [0.1, 0.15) is 24.4 Å². The fourth-order valence-corrected chi connectivity index (χ4v) is 5.50. The van der Waals surface area contributed by atoms with Gasteiger partial charge in [-0.25, -0.2) is 0 Å². The van der Waals surface area contributed by atoms with Crippen LogP contribution in [0.4, 0.5) is 0 Å². The second-order valence-electron chi connectivity index (χ2n) is 9.79. The molecule has 1 heterocycles. The van der Waals surface area contributed by atoms with Gasteiger partial charge in [0.05, 0.1) is 6.61 Å². The molecule has 26 heavy (non-hydrogen) atoms. The molecule has 0 aromatic rings. The van der Waals surface area contributed by atoms with Gasteiger partial charge in [-0.1, -0.05) is 0 Å². The van der Waals surface area contributed by atoms with Crippen LogP contribution in [-0.4, -0.2) is 76.5 Å². The topological polar surface area (TPSA) is 55.4 Å². The molecule has 5 atom stereocenters. The first-order valence-electron chi connectivity index (χ1n) is 9.37. The molecule has 5 unspecified atom stereocenters. The number of ether oxygens (including phenoxy) is 3. The second-order valence-corrected chi connectivity index (χ2v) is 23.2. The number of rotatable bonds is 9. The average molecular weight is 425 g/mol. The molecule has 1 aliphatic rings. The number of hydrogen-bond acceptors (Lipinski definition) is 6. The highest BCUT2D eigenvalue weighted by Gasteiger charge is 2.50. The van der Waals surface area contributed by atoms with Gasteiger partial charge in [-0.15, -0.1) is 0 Å². The summed E-state index contributed by atoms with van der Waals surface area (Å²) in [5.41, 5.74) is 0. The molecule has 6 nitrogen and oxygen atoms in total. The van der Waals surface area contributed by atoms with Crippen LogP contribution < -0.4 is 0 Å². The second kappa shape index (κ2) is 9.27. The minimum absolute atomic E-state index is 0.248. The zero-order valence-electron chi connectivity index (χ0n) is 18.5. The van der Waals surface area contributed by atoms with Crippen LogP contribution in [0.2, 0.25) is 58.9 Å². The van der Waals surface area contributed by atoms with Crippen molar-refractivity contribution in [3.05, 3.63) is 0 Å². The van der Waals surface area contributed by atoms with Gasteiger partial charge in [-0.2, -0.15) is 0 Å². The van der Waals surface area contributed by atoms with Gasteiger partial charge < -0.3 is 27.5 Å². The van der Waals surface area contributed by atoms with Gasteiger partial charge in [0.15, 0.2) is 31.2 Å². The van der Waals surface area contributed by atoms with E-state index in [4.69, 9.17) is 27.5 Å². The Hall–Kier alpha value is 0.411. The van der Waals surface area contributed by atoms with E-state index in [2.05, 4.69) is 58.9 Å². The van der Waals surface area contributed by atoms with Gasteiger partial charge >= 0.3 is 0 Å². The molecule has 0 aromatic heterocycles. The molecule has 0 bridgehead atoms. The summed E-state index contributed by atoms with van der Waals surface area (Å²) >= 11 is 0. The van der Waals surface area contributed by atoms with Gasteiger partial charge in [-0.05, 0) is 58.9 Å². The summed E-state index contributed by atoms with van der Waals surface area (Å²) in [5.74, 6) is 0. The Labute approximate surface area is 163 Å². The Balaban J connectivity index is 3.13. The van der Waals surface area contributed by atoms with E-state index in [1.54, 1.807) is 14.2 Å². The van der Waals surface area contributed by atoms with E-state index in [1.807, 2.05) is 0 Å². The third-order valence-electron chi connectivity index (χ3n) is 3.78. The Morgan fingerprint density at radius 3 is 1.54 bits per heavy atom. The molecule has 0 saturated carbocycles. The lowest BCUT2D eigenvalue weighted by Gasteiger charge is -2.48. The summed E-state index contributed by atoms with van der Waals surface area (Å²) in [6.07, 6.45) is -1.57. The maximum absolute atomic E-state index is 6.49. The zero-order chi connectivity index (χ0) is 20.3. The molecule has 0 aromatic carbocycles. The highest BCUT2D eigenvalue weighted by molar-refractivity contribution is 6.70. The quantitative estimate of drug-likeness (QED) is 0.526. The number of methoxy groups -OCH3 is 2. The zero-order valence-corrected chi connectivity index (χ0v) is 21.5. The van der Waals surface area contributed by atoms with E-state index >= 15 is 0 Å². The van der Waals surface area contributed by atoms with E-state index in [0.717, 1.165) is 0 Å². The van der Waals surface area contributed by atoms with Crippen molar-refractivity contribution in [3.8, 4) is 0 Å². The third-order valence-corrected chi connectivity index (χ3v) is 6.73. The normalized spacial score (nSPS) is 31.3. The summed E-state index contributed by atoms with van der Waals surface area (Å²) in [6.45, 7) is 19.9. The highest BCUT2D eigenvalue weighted by Crippen LogP contribution is 2.32. The predicted molar refractivity (Wildman–Crippen MR) is 112 cm³/mol. The van der Waals surface area contributed by atoms with Crippen molar-refractivity contribution in [1.82, 2.24) is 0 Å². The molecule has 0 aliphatic carbocycles. The van der Waals surface area contributed by atoms with Crippen molar-refractivity contribution in [2.45, 2.75) is 89.6 Å². The van der Waals surface area contributed by atoms with Crippen LogP contribution >= 0.6 is 0 Å². The molecule has 1 rings (SSSR count). The lowest BCUT2D eigenvalue weighted by atomic mass is 9.99. The lowest BCUT2D eigenvalue weighted by Crippen LogP contribution is -2.64. The van der Waals surface area contributed by atoms with Crippen LogP contribution in [-0.2, 0) is 27.5 Å². The summed E-state index contributed by atoms with van der Waals surface area (Å²) in [7, 11) is -1.96. The molecule has 0 N–H and O–H groups in total. The van der Waals surface area contributed by atoms with Gasteiger partial charge in [0.25, 0.3) is 0 Å². The van der Waals surface area contributed by atoms with Crippen LogP contribution in [0, 0.1) is 0 Å². The summed E-state index contributed by atoms with van der Waals surface area (Å²) in [6, 6.07) is 0. The Bertz CT molecular complexity index is 430. The van der Waals surface area contributed by atoms with E-state index in [-0.39, 0.29) is 24.4 Å². The maximum atomic E-state index is 6.49. The Kier molecular flexibility index (Phi) is 8.72. The summed E-state index contributed by atoms with van der Waals surface area (Å²) < 4.78 is 36.9. The summed E-state index contributed by atoms with van der Waals surface area (Å²) in [5, 5.41) is 0. The van der Waals surface area contributed by atoms with Crippen LogP contribution in [0.1, 0.15) is 0 Å². The first-order valence-corrected chi connectivity index (χ1v) is 19.6. The predicted octanol–water partition coefficient (Wildman–Crippen LogP) is 3.66. The largest absolute Gasteiger partial charge is 0.415 e. The third kappa shape index (κ3) is 8.19. The fraction of sp³-hybridized carbons (Fsp3) is 1.00. The minimum Gasteiger partial charge on any atom is -0.415 e. The first kappa shape index (κ1) is 24.4. The minimum atomic E-state index is -1.83. The highest BCUT2D eigenvalue weighted by atomic mass is 28.4. The molecule has 0 spiro atoms. The molecule has 1 saturated heterocycles. The average Bonchev–Trinajstić information content (AvgIpc) is 2.41. The molecule has 1 fully saturated rings. The van der Waals surface area contributed by atoms with Crippen molar-refractivity contribution in [2.24, 2.45) is 0 Å².